The number of hydrogen-bond donors (Lipinski definition) is 1. The second-order valence-corrected chi connectivity index (χ2v) is 7.85. The van der Waals surface area contributed by atoms with Crippen LogP contribution in [0.15, 0.2) is 29.3 Å². The van der Waals surface area contributed by atoms with Gasteiger partial charge in [-0.05, 0) is 36.3 Å². The molecule has 0 saturated carbocycles. The van der Waals surface area contributed by atoms with E-state index in [-0.39, 0.29) is 34.5 Å². The maximum atomic E-state index is 13.3. The van der Waals surface area contributed by atoms with E-state index in [4.69, 9.17) is 4.74 Å². The van der Waals surface area contributed by atoms with Crippen LogP contribution in [0.3, 0.4) is 0 Å². The highest BCUT2D eigenvalue weighted by Gasteiger charge is 2.32. The zero-order valence-corrected chi connectivity index (χ0v) is 18.4. The molecule has 0 radical (unpaired) electrons. The molecular weight excluding hydrogens is 452 g/mol. The van der Waals surface area contributed by atoms with Crippen molar-refractivity contribution in [1.82, 2.24) is 10.2 Å². The second kappa shape index (κ2) is 11.2. The lowest BCUT2D eigenvalue weighted by atomic mass is 9.99. The van der Waals surface area contributed by atoms with E-state index in [1.807, 2.05) is 29.8 Å². The molecule has 1 aromatic carbocycles. The minimum Gasteiger partial charge on any atom is -0.381 e. The molecule has 25 heavy (non-hydrogen) atoms. The van der Waals surface area contributed by atoms with Crippen LogP contribution in [0.4, 0.5) is 4.39 Å². The Balaban J connectivity index is 0.00000312. The van der Waals surface area contributed by atoms with Gasteiger partial charge in [0.25, 0.3) is 0 Å². The molecule has 0 bridgehead atoms. The Labute approximate surface area is 172 Å². The van der Waals surface area contributed by atoms with Crippen molar-refractivity contribution >= 4 is 41.7 Å². The molecule has 1 fully saturated rings. The largest absolute Gasteiger partial charge is 0.381 e. The number of hydrogen-bond acceptors (Lipinski definition) is 3. The topological polar surface area (TPSA) is 36.9 Å². The van der Waals surface area contributed by atoms with E-state index in [9.17, 15) is 4.39 Å². The molecule has 142 valence electrons. The molecule has 0 aromatic heterocycles. The molecule has 1 aliphatic heterocycles. The predicted molar refractivity (Wildman–Crippen MR) is 116 cm³/mol. The lowest BCUT2D eigenvalue weighted by molar-refractivity contribution is 0.0780. The third-order valence-electron chi connectivity index (χ3n) is 4.31. The van der Waals surface area contributed by atoms with Crippen LogP contribution in [-0.2, 0) is 11.3 Å². The SMILES string of the molecule is CCSC1(CNC(=NC)N(C)Cc2cccc(F)c2)CCOCC1.I. The number of guanidine groups is 1. The minimum absolute atomic E-state index is 0. The number of benzene rings is 1. The van der Waals surface area contributed by atoms with Crippen molar-refractivity contribution in [2.24, 2.45) is 4.99 Å². The van der Waals surface area contributed by atoms with Crippen LogP contribution < -0.4 is 5.32 Å². The van der Waals surface area contributed by atoms with E-state index >= 15 is 0 Å². The third-order valence-corrected chi connectivity index (χ3v) is 5.76. The quantitative estimate of drug-likeness (QED) is 0.382. The highest BCUT2D eigenvalue weighted by atomic mass is 127. The summed E-state index contributed by atoms with van der Waals surface area (Å²) in [5.41, 5.74) is 0.934. The Morgan fingerprint density at radius 1 is 1.40 bits per heavy atom. The maximum absolute atomic E-state index is 13.3. The van der Waals surface area contributed by atoms with Gasteiger partial charge in [0.2, 0.25) is 0 Å². The van der Waals surface area contributed by atoms with Crippen molar-refractivity contribution in [2.45, 2.75) is 31.1 Å². The molecule has 0 aliphatic carbocycles. The van der Waals surface area contributed by atoms with Gasteiger partial charge in [-0.2, -0.15) is 11.8 Å². The van der Waals surface area contributed by atoms with E-state index < -0.39 is 0 Å². The second-order valence-electron chi connectivity index (χ2n) is 6.12. The Morgan fingerprint density at radius 3 is 2.72 bits per heavy atom. The molecule has 4 nitrogen and oxygen atoms in total. The van der Waals surface area contributed by atoms with E-state index in [2.05, 4.69) is 17.2 Å². The average molecular weight is 481 g/mol. The Morgan fingerprint density at radius 2 is 2.12 bits per heavy atom. The smallest absolute Gasteiger partial charge is 0.193 e. The highest BCUT2D eigenvalue weighted by molar-refractivity contribution is 14.0. The fraction of sp³-hybridized carbons (Fsp3) is 0.611. The molecular formula is C18H29FIN3OS. The molecule has 0 unspecified atom stereocenters. The van der Waals surface area contributed by atoms with E-state index in [0.717, 1.165) is 49.9 Å². The fourth-order valence-corrected chi connectivity index (χ4v) is 4.27. The van der Waals surface area contributed by atoms with Gasteiger partial charge in [-0.25, -0.2) is 4.39 Å². The molecule has 1 N–H and O–H groups in total. The Kier molecular flexibility index (Phi) is 10.1. The van der Waals surface area contributed by atoms with Crippen molar-refractivity contribution in [1.29, 1.82) is 0 Å². The van der Waals surface area contributed by atoms with Gasteiger partial charge >= 0.3 is 0 Å². The molecule has 2 rings (SSSR count). The third kappa shape index (κ3) is 6.94. The van der Waals surface area contributed by atoms with Crippen LogP contribution in [0, 0.1) is 5.82 Å². The summed E-state index contributed by atoms with van der Waals surface area (Å²) in [6.45, 7) is 5.34. The monoisotopic (exact) mass is 481 g/mol. The lowest BCUT2D eigenvalue weighted by Gasteiger charge is -2.37. The lowest BCUT2D eigenvalue weighted by Crippen LogP contribution is -2.48. The van der Waals surface area contributed by atoms with Crippen molar-refractivity contribution < 1.29 is 9.13 Å². The number of aliphatic imine (C=N–C) groups is 1. The summed E-state index contributed by atoms with van der Waals surface area (Å²) >= 11 is 2.00. The zero-order valence-electron chi connectivity index (χ0n) is 15.3. The molecule has 1 aromatic rings. The number of nitrogens with one attached hydrogen (secondary N) is 1. The molecule has 0 amide bonds. The minimum atomic E-state index is -0.204. The van der Waals surface area contributed by atoms with E-state index in [0.29, 0.717) is 6.54 Å². The van der Waals surface area contributed by atoms with Gasteiger partial charge in [0, 0.05) is 45.1 Å². The first kappa shape index (κ1) is 22.5. The number of rotatable bonds is 6. The molecule has 1 heterocycles. The van der Waals surface area contributed by atoms with E-state index in [1.165, 1.54) is 6.07 Å². The molecule has 0 atom stereocenters. The summed E-state index contributed by atoms with van der Waals surface area (Å²) in [7, 11) is 3.76. The molecule has 7 heteroatoms. The van der Waals surface area contributed by atoms with E-state index in [1.54, 1.807) is 19.2 Å². The van der Waals surface area contributed by atoms with Crippen LogP contribution >= 0.6 is 35.7 Å². The summed E-state index contributed by atoms with van der Waals surface area (Å²) in [5, 5.41) is 3.51. The summed E-state index contributed by atoms with van der Waals surface area (Å²) < 4.78 is 19.1. The van der Waals surface area contributed by atoms with Gasteiger partial charge in [-0.15, -0.1) is 24.0 Å². The number of nitrogens with zero attached hydrogens (tertiary/aromatic N) is 2. The number of ether oxygens (including phenoxy) is 1. The average Bonchev–Trinajstić information content (AvgIpc) is 2.56. The molecule has 1 saturated heterocycles. The van der Waals surface area contributed by atoms with Gasteiger partial charge in [0.15, 0.2) is 5.96 Å². The Bertz CT molecular complexity index is 547. The first-order chi connectivity index (χ1) is 11.6. The molecule has 1 aliphatic rings. The summed E-state index contributed by atoms with van der Waals surface area (Å²) in [6, 6.07) is 6.70. The van der Waals surface area contributed by atoms with Crippen LogP contribution in [0.2, 0.25) is 0 Å². The summed E-state index contributed by atoms with van der Waals surface area (Å²) in [5.74, 6) is 1.73. The van der Waals surface area contributed by atoms with Gasteiger partial charge in [-0.3, -0.25) is 4.99 Å². The van der Waals surface area contributed by atoms with Crippen LogP contribution in [0.25, 0.3) is 0 Å². The van der Waals surface area contributed by atoms with Crippen molar-refractivity contribution in [3.63, 3.8) is 0 Å². The maximum Gasteiger partial charge on any atom is 0.193 e. The number of thioether (sulfide) groups is 1. The predicted octanol–water partition coefficient (Wildman–Crippen LogP) is 3.75. The fourth-order valence-electron chi connectivity index (χ4n) is 3.03. The standard InChI is InChI=1S/C18H28FN3OS.HI/c1-4-24-18(8-10-23-11-9-18)14-21-17(20-2)22(3)13-15-6-5-7-16(19)12-15;/h5-7,12H,4,8-11,13-14H2,1-3H3,(H,20,21);1H. The van der Waals surface area contributed by atoms with Gasteiger partial charge in [0.05, 0.1) is 0 Å². The van der Waals surface area contributed by atoms with Gasteiger partial charge in [0.1, 0.15) is 5.82 Å². The van der Waals surface area contributed by atoms with Gasteiger partial charge < -0.3 is 15.0 Å². The number of halogens is 2. The van der Waals surface area contributed by atoms with Crippen molar-refractivity contribution in [3.05, 3.63) is 35.6 Å². The highest BCUT2D eigenvalue weighted by Crippen LogP contribution is 2.34. The first-order valence-corrected chi connectivity index (χ1v) is 9.45. The normalized spacial score (nSPS) is 16.9. The first-order valence-electron chi connectivity index (χ1n) is 8.46. The van der Waals surface area contributed by atoms with Crippen LogP contribution in [-0.4, -0.2) is 55.2 Å². The van der Waals surface area contributed by atoms with Gasteiger partial charge in [-0.1, -0.05) is 19.1 Å². The van der Waals surface area contributed by atoms with Crippen molar-refractivity contribution in [2.75, 3.05) is 39.6 Å². The van der Waals surface area contributed by atoms with Crippen LogP contribution in [0.1, 0.15) is 25.3 Å². The zero-order chi connectivity index (χ0) is 17.4. The van der Waals surface area contributed by atoms with Crippen molar-refractivity contribution in [3.8, 4) is 0 Å². The Hall–Kier alpha value is -0.540. The molecule has 0 spiro atoms. The summed E-state index contributed by atoms with van der Waals surface area (Å²) in [4.78, 5) is 6.41. The van der Waals surface area contributed by atoms with Crippen LogP contribution in [0.5, 0.6) is 0 Å². The summed E-state index contributed by atoms with van der Waals surface area (Å²) in [6.07, 6.45) is 2.12.